The lowest BCUT2D eigenvalue weighted by Crippen LogP contribution is -2.34. The van der Waals surface area contributed by atoms with Crippen LogP contribution in [0.25, 0.3) is 0 Å². The van der Waals surface area contributed by atoms with Gasteiger partial charge in [0.05, 0.1) is 0 Å². The van der Waals surface area contributed by atoms with Crippen LogP contribution in [0.4, 0.5) is 0 Å². The molecule has 0 aliphatic carbocycles. The summed E-state index contributed by atoms with van der Waals surface area (Å²) < 4.78 is 23.4. The zero-order valence-electron chi connectivity index (χ0n) is 4.29. The molecule has 0 saturated heterocycles. The Morgan fingerprint density at radius 2 is 2.11 bits per heavy atom. The summed E-state index contributed by atoms with van der Waals surface area (Å²) in [5.41, 5.74) is 6.16. The maximum atomic E-state index is 9.88. The Kier molecular flexibility index (Phi) is 2.37. The molecule has 54 valence electrons. The van der Waals surface area contributed by atoms with Gasteiger partial charge in [-0.25, -0.2) is 10.6 Å². The van der Waals surface area contributed by atoms with Crippen LogP contribution in [0, 0.1) is 5.41 Å². The molecule has 0 unspecified atom stereocenters. The van der Waals surface area contributed by atoms with Gasteiger partial charge < -0.3 is 5.73 Å². The number of nitrogens with one attached hydrogen (secondary N) is 2. The first kappa shape index (κ1) is 8.14. The number of rotatable bonds is 2. The zero-order valence-corrected chi connectivity index (χ0v) is 5.10. The van der Waals surface area contributed by atoms with E-state index >= 15 is 0 Å². The first-order valence-electron chi connectivity index (χ1n) is 1.73. The number of hydrogen-bond acceptors (Lipinski definition) is 4. The van der Waals surface area contributed by atoms with Crippen molar-refractivity contribution in [1.29, 1.82) is 5.41 Å². The number of hydroxylamine groups is 1. The molecule has 0 aliphatic heterocycles. The van der Waals surface area contributed by atoms with Crippen molar-refractivity contribution in [2.75, 3.05) is 0 Å². The average Bonchev–Trinajstić information content (AvgIpc) is 1.59. The van der Waals surface area contributed by atoms with Crippen molar-refractivity contribution in [3.63, 3.8) is 0 Å². The summed E-state index contributed by atoms with van der Waals surface area (Å²) >= 11 is 0. The second kappa shape index (κ2) is 2.62. The summed E-state index contributed by atoms with van der Waals surface area (Å²) in [5.74, 6) is -0.635. The van der Waals surface area contributed by atoms with Crippen LogP contribution < -0.4 is 16.4 Å². The van der Waals surface area contributed by atoms with Crippen molar-refractivity contribution in [2.45, 2.75) is 0 Å². The third kappa shape index (κ3) is 7.14. The maximum absolute atomic E-state index is 9.88. The van der Waals surface area contributed by atoms with Crippen molar-refractivity contribution in [2.24, 2.45) is 10.9 Å². The van der Waals surface area contributed by atoms with Crippen LogP contribution in [0.3, 0.4) is 0 Å². The van der Waals surface area contributed by atoms with Gasteiger partial charge in [0.2, 0.25) is 5.96 Å². The Morgan fingerprint density at radius 3 is 2.22 bits per heavy atom. The molecule has 0 saturated carbocycles. The smallest absolute Gasteiger partial charge is 0.354 e. The third-order valence-electron chi connectivity index (χ3n) is 0.268. The second-order valence-electron chi connectivity index (χ2n) is 1.09. The van der Waals surface area contributed by atoms with Gasteiger partial charge >= 0.3 is 10.3 Å². The predicted octanol–water partition coefficient (Wildman–Crippen LogP) is -2.40. The first-order valence-corrected chi connectivity index (χ1v) is 3.20. The van der Waals surface area contributed by atoms with Gasteiger partial charge in [-0.3, -0.25) is 5.41 Å². The minimum atomic E-state index is -4.05. The molecule has 0 heterocycles. The van der Waals surface area contributed by atoms with E-state index < -0.39 is 16.3 Å². The molecule has 0 rings (SSSR count). The minimum Gasteiger partial charge on any atom is -0.368 e. The molecule has 0 radical (unpaired) electrons. The van der Waals surface area contributed by atoms with E-state index in [1.54, 1.807) is 0 Å². The molecular weight excluding hydrogens is 148 g/mol. The highest BCUT2D eigenvalue weighted by Crippen LogP contribution is 1.71. The lowest BCUT2D eigenvalue weighted by atomic mass is 11.1. The molecule has 0 aliphatic rings. The van der Waals surface area contributed by atoms with Crippen LogP contribution in [0.15, 0.2) is 0 Å². The summed E-state index contributed by atoms with van der Waals surface area (Å²) in [5, 5.41) is 10.7. The Labute approximate surface area is 51.7 Å². The van der Waals surface area contributed by atoms with Crippen molar-refractivity contribution < 1.29 is 12.7 Å². The molecule has 7 nitrogen and oxygen atoms in total. The van der Waals surface area contributed by atoms with Crippen molar-refractivity contribution in [3.05, 3.63) is 0 Å². The molecule has 6 N–H and O–H groups in total. The minimum absolute atomic E-state index is 0.635. The fourth-order valence-corrected chi connectivity index (χ4v) is 0.309. The SMILES string of the molecule is N=C(N)NOS(N)(=O)=O. The van der Waals surface area contributed by atoms with Gasteiger partial charge in [-0.2, -0.15) is 8.42 Å². The van der Waals surface area contributed by atoms with Gasteiger partial charge in [-0.1, -0.05) is 0 Å². The lowest BCUT2D eigenvalue weighted by molar-refractivity contribution is 0.266. The Balaban J connectivity index is 3.67. The van der Waals surface area contributed by atoms with Gasteiger partial charge in [0.15, 0.2) is 0 Å². The van der Waals surface area contributed by atoms with E-state index in [0.717, 1.165) is 0 Å². The monoisotopic (exact) mass is 154 g/mol. The van der Waals surface area contributed by atoms with Crippen LogP contribution in [0.2, 0.25) is 0 Å². The van der Waals surface area contributed by atoms with Gasteiger partial charge in [-0.15, -0.1) is 4.28 Å². The van der Waals surface area contributed by atoms with Crippen molar-refractivity contribution in [1.82, 2.24) is 5.48 Å². The van der Waals surface area contributed by atoms with Crippen LogP contribution in [-0.4, -0.2) is 14.4 Å². The molecule has 0 atom stereocenters. The third-order valence-corrected chi connectivity index (χ3v) is 0.583. The van der Waals surface area contributed by atoms with E-state index in [0.29, 0.717) is 0 Å². The van der Waals surface area contributed by atoms with Gasteiger partial charge in [0.1, 0.15) is 0 Å². The Bertz CT molecular complexity index is 194. The summed E-state index contributed by atoms with van der Waals surface area (Å²) in [6, 6.07) is 0. The van der Waals surface area contributed by atoms with E-state index in [9.17, 15) is 8.42 Å². The standard InChI is InChI=1S/CH6N4O3S/c2-1(3)5-8-9(4,6)7/h(H4,2,3,5)(H2,4,6,7). The fraction of sp³-hybridized carbons (Fsp3) is 0. The normalized spacial score (nSPS) is 10.8. The molecule has 8 heteroatoms. The van der Waals surface area contributed by atoms with Crippen LogP contribution in [-0.2, 0) is 14.6 Å². The predicted molar refractivity (Wildman–Crippen MR) is 29.2 cm³/mol. The molecule has 0 aromatic heterocycles. The summed E-state index contributed by atoms with van der Waals surface area (Å²) in [6.07, 6.45) is 0. The number of guanidine groups is 1. The van der Waals surface area contributed by atoms with E-state index in [1.807, 2.05) is 0 Å². The molecule has 0 fully saturated rings. The van der Waals surface area contributed by atoms with Crippen LogP contribution in [0.5, 0.6) is 0 Å². The zero-order chi connectivity index (χ0) is 7.49. The summed E-state index contributed by atoms with van der Waals surface area (Å²) in [7, 11) is -4.05. The van der Waals surface area contributed by atoms with Crippen LogP contribution in [0.1, 0.15) is 0 Å². The van der Waals surface area contributed by atoms with Crippen molar-refractivity contribution >= 4 is 16.3 Å². The largest absolute Gasteiger partial charge is 0.368 e. The number of hydrogen-bond donors (Lipinski definition) is 4. The molecule has 9 heavy (non-hydrogen) atoms. The summed E-state index contributed by atoms with van der Waals surface area (Å²) in [6.45, 7) is 0. The second-order valence-corrected chi connectivity index (χ2v) is 2.24. The molecule has 0 amide bonds. The maximum Gasteiger partial charge on any atom is 0.354 e. The van der Waals surface area contributed by atoms with Gasteiger partial charge in [0, 0.05) is 0 Å². The Hall–Kier alpha value is -0.860. The average molecular weight is 154 g/mol. The highest BCUT2D eigenvalue weighted by molar-refractivity contribution is 7.84. The van der Waals surface area contributed by atoms with Gasteiger partial charge in [0.25, 0.3) is 0 Å². The molecule has 0 aromatic carbocycles. The molecule has 0 bridgehead atoms. The molecule has 0 spiro atoms. The Morgan fingerprint density at radius 1 is 1.67 bits per heavy atom. The van der Waals surface area contributed by atoms with Gasteiger partial charge in [-0.05, 0) is 0 Å². The van der Waals surface area contributed by atoms with E-state index in [4.69, 9.17) is 5.41 Å². The molecule has 0 aromatic rings. The first-order chi connectivity index (χ1) is 3.92. The highest BCUT2D eigenvalue weighted by atomic mass is 32.2. The van der Waals surface area contributed by atoms with Crippen molar-refractivity contribution in [3.8, 4) is 0 Å². The number of nitrogens with two attached hydrogens (primary N) is 2. The molecular formula is CH6N4O3S. The quantitative estimate of drug-likeness (QED) is 0.200. The van der Waals surface area contributed by atoms with E-state index in [2.05, 4.69) is 15.2 Å². The topological polar surface area (TPSA) is 131 Å². The van der Waals surface area contributed by atoms with E-state index in [-0.39, 0.29) is 0 Å². The van der Waals surface area contributed by atoms with Crippen LogP contribution >= 0.6 is 0 Å². The lowest BCUT2D eigenvalue weighted by Gasteiger charge is -1.98. The van der Waals surface area contributed by atoms with E-state index in [1.165, 1.54) is 5.48 Å². The fourth-order valence-electron chi connectivity index (χ4n) is 0.103. The summed E-state index contributed by atoms with van der Waals surface area (Å²) in [4.78, 5) is 0. The highest BCUT2D eigenvalue weighted by Gasteiger charge is 2.00.